The van der Waals surface area contributed by atoms with Crippen molar-refractivity contribution in [3.05, 3.63) is 48.3 Å². The van der Waals surface area contributed by atoms with Crippen LogP contribution in [-0.4, -0.2) is 11.2 Å². The number of hydrogen-bond donors (Lipinski definition) is 3. The molecule has 0 amide bonds. The largest absolute Gasteiger partial charge is 0.361 e. The molecule has 0 fully saturated rings. The number of nitrogens with one attached hydrogen (secondary N) is 2. The van der Waals surface area contributed by atoms with Crippen LogP contribution in [0.1, 0.15) is 5.56 Å². The number of nitrogens with two attached hydrogens (primary N) is 1. The summed E-state index contributed by atoms with van der Waals surface area (Å²) in [5, 5.41) is 4.16. The zero-order valence-corrected chi connectivity index (χ0v) is 8.64. The molecule has 1 atom stereocenters. The maximum Gasteiger partial charge on any atom is 0.210 e. The lowest BCUT2D eigenvalue weighted by Gasteiger charge is -2.26. The van der Waals surface area contributed by atoms with E-state index in [1.54, 1.807) is 12.4 Å². The smallest absolute Gasteiger partial charge is 0.210 e. The van der Waals surface area contributed by atoms with E-state index >= 15 is 0 Å². The van der Waals surface area contributed by atoms with Gasteiger partial charge in [-0.05, 0) is 12.1 Å². The number of hydrogen-bond acceptors (Lipinski definition) is 3. The van der Waals surface area contributed by atoms with Crippen molar-refractivity contribution in [1.29, 1.82) is 0 Å². The molecule has 1 aliphatic rings. The van der Waals surface area contributed by atoms with Gasteiger partial charge in [0.2, 0.25) is 5.79 Å². The van der Waals surface area contributed by atoms with Gasteiger partial charge < -0.3 is 10.3 Å². The quantitative estimate of drug-likeness (QED) is 0.669. The van der Waals surface area contributed by atoms with Gasteiger partial charge in [0, 0.05) is 35.1 Å². The average Bonchev–Trinajstić information content (AvgIpc) is 2.74. The van der Waals surface area contributed by atoms with Gasteiger partial charge in [0.25, 0.3) is 0 Å². The molecule has 4 nitrogen and oxygen atoms in total. The molecule has 80 valence electrons. The highest BCUT2D eigenvalue weighted by Gasteiger charge is 2.28. The van der Waals surface area contributed by atoms with Crippen molar-refractivity contribution in [2.45, 2.75) is 5.79 Å². The maximum absolute atomic E-state index is 6.21. The van der Waals surface area contributed by atoms with E-state index < -0.39 is 5.79 Å². The highest BCUT2D eigenvalue weighted by molar-refractivity contribution is 5.84. The minimum Gasteiger partial charge on any atom is -0.361 e. The Kier molecular flexibility index (Phi) is 1.84. The van der Waals surface area contributed by atoms with E-state index in [0.717, 1.165) is 16.5 Å². The van der Waals surface area contributed by atoms with Crippen LogP contribution in [0.4, 0.5) is 0 Å². The Morgan fingerprint density at radius 2 is 2.12 bits per heavy atom. The van der Waals surface area contributed by atoms with Gasteiger partial charge in [-0.1, -0.05) is 18.2 Å². The molecular formula is C12H12N4. The molecule has 0 aliphatic carbocycles. The van der Waals surface area contributed by atoms with Crippen molar-refractivity contribution in [3.8, 4) is 0 Å². The number of nitrogens with zero attached hydrogens (tertiary/aromatic N) is 1. The van der Waals surface area contributed by atoms with Crippen LogP contribution >= 0.6 is 0 Å². The molecule has 2 aromatic rings. The number of allylic oxidation sites excluding steroid dienone is 1. The Hall–Kier alpha value is -2.07. The summed E-state index contributed by atoms with van der Waals surface area (Å²) in [4.78, 5) is 7.48. The number of benzene rings is 1. The van der Waals surface area contributed by atoms with E-state index in [0.29, 0.717) is 0 Å². The van der Waals surface area contributed by atoms with E-state index in [-0.39, 0.29) is 0 Å². The van der Waals surface area contributed by atoms with Crippen LogP contribution < -0.4 is 11.1 Å². The fourth-order valence-corrected chi connectivity index (χ4v) is 1.95. The van der Waals surface area contributed by atoms with E-state index in [1.165, 1.54) is 0 Å². The highest BCUT2D eigenvalue weighted by atomic mass is 15.3. The van der Waals surface area contributed by atoms with Gasteiger partial charge in [0.05, 0.1) is 0 Å². The van der Waals surface area contributed by atoms with Gasteiger partial charge in [0.15, 0.2) is 0 Å². The number of para-hydroxylation sites is 1. The zero-order valence-electron chi connectivity index (χ0n) is 8.64. The molecule has 0 bridgehead atoms. The lowest BCUT2D eigenvalue weighted by atomic mass is 10.1. The SMILES string of the molecule is NC1(c2c[nH]c3ccccc23)N=CC=CN1. The number of aliphatic imine (C=N–C) groups is 1. The first-order valence-electron chi connectivity index (χ1n) is 5.13. The van der Waals surface area contributed by atoms with Crippen LogP contribution in [0.2, 0.25) is 0 Å². The molecule has 1 aromatic carbocycles. The fraction of sp³-hybridized carbons (Fsp3) is 0.0833. The van der Waals surface area contributed by atoms with Gasteiger partial charge in [-0.2, -0.15) is 0 Å². The van der Waals surface area contributed by atoms with E-state index in [2.05, 4.69) is 15.3 Å². The fourth-order valence-electron chi connectivity index (χ4n) is 1.95. The number of H-pyrrole nitrogens is 1. The summed E-state index contributed by atoms with van der Waals surface area (Å²) in [6.45, 7) is 0. The van der Waals surface area contributed by atoms with Crippen molar-refractivity contribution in [2.24, 2.45) is 10.7 Å². The standard InChI is InChI=1S/C12H12N4/c13-12(15-6-3-7-16-12)10-8-14-11-5-2-1-4-9(10)11/h1-8,14-15H,13H2. The number of aromatic amines is 1. The Morgan fingerprint density at radius 3 is 2.94 bits per heavy atom. The monoisotopic (exact) mass is 212 g/mol. The zero-order chi connectivity index (χ0) is 11.0. The average molecular weight is 212 g/mol. The predicted molar refractivity (Wildman–Crippen MR) is 64.9 cm³/mol. The number of rotatable bonds is 1. The van der Waals surface area contributed by atoms with Gasteiger partial charge in [-0.25, -0.2) is 4.99 Å². The Bertz CT molecular complexity index is 581. The molecule has 1 unspecified atom stereocenters. The second-order valence-electron chi connectivity index (χ2n) is 3.80. The van der Waals surface area contributed by atoms with Crippen molar-refractivity contribution >= 4 is 17.1 Å². The second kappa shape index (κ2) is 3.21. The molecule has 0 saturated heterocycles. The van der Waals surface area contributed by atoms with Crippen LogP contribution in [0.3, 0.4) is 0 Å². The van der Waals surface area contributed by atoms with Gasteiger partial charge in [-0.15, -0.1) is 0 Å². The number of fused-ring (bicyclic) bond motifs is 1. The molecule has 1 aromatic heterocycles. The minimum atomic E-state index is -0.867. The Labute approximate surface area is 92.9 Å². The molecule has 0 saturated carbocycles. The van der Waals surface area contributed by atoms with Crippen LogP contribution in [-0.2, 0) is 5.79 Å². The highest BCUT2D eigenvalue weighted by Crippen LogP contribution is 2.26. The van der Waals surface area contributed by atoms with Gasteiger partial charge in [-0.3, -0.25) is 5.73 Å². The second-order valence-corrected chi connectivity index (χ2v) is 3.80. The predicted octanol–water partition coefficient (Wildman–Crippen LogP) is 1.42. The molecule has 1 aliphatic heterocycles. The molecule has 4 heteroatoms. The third-order valence-corrected chi connectivity index (χ3v) is 2.76. The first-order chi connectivity index (χ1) is 7.80. The lowest BCUT2D eigenvalue weighted by Crippen LogP contribution is -2.47. The van der Waals surface area contributed by atoms with Crippen LogP contribution in [0.25, 0.3) is 10.9 Å². The van der Waals surface area contributed by atoms with E-state index in [4.69, 9.17) is 5.73 Å². The molecule has 0 radical (unpaired) electrons. The summed E-state index contributed by atoms with van der Waals surface area (Å²) in [5.74, 6) is -0.867. The summed E-state index contributed by atoms with van der Waals surface area (Å²) in [6, 6.07) is 8.03. The van der Waals surface area contributed by atoms with Crippen molar-refractivity contribution < 1.29 is 0 Å². The van der Waals surface area contributed by atoms with E-state index in [1.807, 2.05) is 36.5 Å². The van der Waals surface area contributed by atoms with Crippen molar-refractivity contribution in [2.75, 3.05) is 0 Å². The molecule has 2 heterocycles. The van der Waals surface area contributed by atoms with Crippen LogP contribution in [0.15, 0.2) is 47.7 Å². The molecule has 3 rings (SSSR count). The van der Waals surface area contributed by atoms with Crippen molar-refractivity contribution in [3.63, 3.8) is 0 Å². The summed E-state index contributed by atoms with van der Waals surface area (Å²) in [5.41, 5.74) is 8.22. The summed E-state index contributed by atoms with van der Waals surface area (Å²) < 4.78 is 0. The first kappa shape index (κ1) is 9.18. The maximum atomic E-state index is 6.21. The summed E-state index contributed by atoms with van der Waals surface area (Å²) in [6.07, 6.45) is 7.22. The van der Waals surface area contributed by atoms with Crippen LogP contribution in [0, 0.1) is 0 Å². The van der Waals surface area contributed by atoms with Gasteiger partial charge in [0.1, 0.15) is 0 Å². The van der Waals surface area contributed by atoms with Crippen LogP contribution in [0.5, 0.6) is 0 Å². The number of aromatic nitrogens is 1. The van der Waals surface area contributed by atoms with E-state index in [9.17, 15) is 0 Å². The molecule has 0 spiro atoms. The Morgan fingerprint density at radius 1 is 1.25 bits per heavy atom. The topological polar surface area (TPSA) is 66.2 Å². The van der Waals surface area contributed by atoms with Gasteiger partial charge >= 0.3 is 0 Å². The minimum absolute atomic E-state index is 0.867. The molecular weight excluding hydrogens is 200 g/mol. The third kappa shape index (κ3) is 1.24. The third-order valence-electron chi connectivity index (χ3n) is 2.76. The van der Waals surface area contributed by atoms with Crippen molar-refractivity contribution in [1.82, 2.24) is 10.3 Å². The summed E-state index contributed by atoms with van der Waals surface area (Å²) >= 11 is 0. The summed E-state index contributed by atoms with van der Waals surface area (Å²) in [7, 11) is 0. The molecule has 16 heavy (non-hydrogen) atoms. The first-order valence-corrected chi connectivity index (χ1v) is 5.13. The normalized spacial score (nSPS) is 23.6. The molecule has 4 N–H and O–H groups in total. The Balaban J connectivity index is 2.19. The lowest BCUT2D eigenvalue weighted by molar-refractivity contribution is 0.416.